The molecule has 1 N–H and O–H groups in total. The molecule has 3 aliphatic heterocycles. The maximum Gasteiger partial charge on any atom is 0.255 e. The molecule has 5 rings (SSSR count). The molecule has 3 aliphatic rings. The average molecular weight is 425 g/mol. The van der Waals surface area contributed by atoms with E-state index in [2.05, 4.69) is 23.3 Å². The van der Waals surface area contributed by atoms with Gasteiger partial charge in [-0.15, -0.1) is 0 Å². The molecule has 0 radical (unpaired) electrons. The third-order valence-electron chi connectivity index (χ3n) is 6.61. The number of benzene rings is 1. The van der Waals surface area contributed by atoms with Gasteiger partial charge in [-0.2, -0.15) is 0 Å². The van der Waals surface area contributed by atoms with E-state index in [0.717, 1.165) is 42.8 Å². The van der Waals surface area contributed by atoms with E-state index in [1.54, 1.807) is 6.20 Å². The lowest BCUT2D eigenvalue weighted by Crippen LogP contribution is -2.39. The maximum atomic E-state index is 13.1. The third kappa shape index (κ3) is 3.33. The smallest absolute Gasteiger partial charge is 0.255 e. The molecule has 0 spiro atoms. The van der Waals surface area contributed by atoms with Gasteiger partial charge in [0, 0.05) is 43.7 Å². The molecular weight excluding hydrogens is 400 g/mol. The minimum absolute atomic E-state index is 0.00388. The van der Waals surface area contributed by atoms with Crippen LogP contribution < -0.4 is 5.32 Å². The van der Waals surface area contributed by atoms with Crippen LogP contribution in [0.15, 0.2) is 36.5 Å². The van der Waals surface area contributed by atoms with Crippen LogP contribution in [0, 0.1) is 0 Å². The van der Waals surface area contributed by atoms with E-state index < -0.39 is 0 Å². The van der Waals surface area contributed by atoms with E-state index in [9.17, 15) is 9.59 Å². The Labute approximate surface area is 181 Å². The van der Waals surface area contributed by atoms with Crippen molar-refractivity contribution in [1.29, 1.82) is 0 Å². The zero-order chi connectivity index (χ0) is 20.9. The Morgan fingerprint density at radius 2 is 2.17 bits per heavy atom. The number of halogens is 1. The first-order chi connectivity index (χ1) is 14.4. The summed E-state index contributed by atoms with van der Waals surface area (Å²) in [4.78, 5) is 33.5. The normalized spacial score (nSPS) is 25.5. The molecule has 1 aromatic heterocycles. The SMILES string of the molecule is C[C@]1(c2cccc(Cl)c2)Cc2cc(C(=O)N3CCC(N4CCCC4=O)C3)cnc2N1. The molecule has 1 unspecified atom stereocenters. The van der Waals surface area contributed by atoms with Gasteiger partial charge in [0.2, 0.25) is 5.91 Å². The number of carbonyl (C=O) groups excluding carboxylic acids is 2. The molecule has 6 nitrogen and oxygen atoms in total. The second-order valence-electron chi connectivity index (χ2n) is 8.76. The van der Waals surface area contributed by atoms with E-state index in [1.807, 2.05) is 34.1 Å². The van der Waals surface area contributed by atoms with Crippen LogP contribution in [0.1, 0.15) is 47.7 Å². The summed E-state index contributed by atoms with van der Waals surface area (Å²) >= 11 is 6.19. The van der Waals surface area contributed by atoms with Crippen molar-refractivity contribution in [3.8, 4) is 0 Å². The highest BCUT2D eigenvalue weighted by Crippen LogP contribution is 2.39. The Balaban J connectivity index is 1.32. The van der Waals surface area contributed by atoms with Gasteiger partial charge in [0.1, 0.15) is 5.82 Å². The lowest BCUT2D eigenvalue weighted by Gasteiger charge is -2.25. The predicted octanol–water partition coefficient (Wildman–Crippen LogP) is 3.46. The van der Waals surface area contributed by atoms with Gasteiger partial charge in [0.05, 0.1) is 17.1 Å². The van der Waals surface area contributed by atoms with Crippen LogP contribution in [0.5, 0.6) is 0 Å². The number of hydrogen-bond donors (Lipinski definition) is 1. The van der Waals surface area contributed by atoms with Gasteiger partial charge in [-0.05, 0) is 49.1 Å². The summed E-state index contributed by atoms with van der Waals surface area (Å²) < 4.78 is 0. The summed E-state index contributed by atoms with van der Waals surface area (Å²) in [5.41, 5.74) is 2.43. The van der Waals surface area contributed by atoms with Crippen molar-refractivity contribution in [1.82, 2.24) is 14.8 Å². The van der Waals surface area contributed by atoms with E-state index in [-0.39, 0.29) is 23.4 Å². The summed E-state index contributed by atoms with van der Waals surface area (Å²) in [6, 6.07) is 9.95. The topological polar surface area (TPSA) is 65.5 Å². The van der Waals surface area contributed by atoms with Gasteiger partial charge in [-0.3, -0.25) is 9.59 Å². The lowest BCUT2D eigenvalue weighted by molar-refractivity contribution is -0.129. The first-order valence-electron chi connectivity index (χ1n) is 10.5. The molecule has 2 atom stereocenters. The van der Waals surface area contributed by atoms with Crippen molar-refractivity contribution in [3.63, 3.8) is 0 Å². The van der Waals surface area contributed by atoms with Crippen LogP contribution in [0.25, 0.3) is 0 Å². The Morgan fingerprint density at radius 3 is 2.93 bits per heavy atom. The van der Waals surface area contributed by atoms with Gasteiger partial charge >= 0.3 is 0 Å². The standard InChI is InChI=1S/C23H25ClN4O2/c1-23(17-4-2-5-18(24)11-17)12-15-10-16(13-25-21(15)26-23)22(30)27-9-7-19(14-27)28-8-3-6-20(28)29/h2,4-5,10-11,13,19H,3,6-9,12,14H2,1H3,(H,25,26)/t19?,23-/m1/s1. The first-order valence-corrected chi connectivity index (χ1v) is 10.9. The van der Waals surface area contributed by atoms with Crippen molar-refractivity contribution in [3.05, 3.63) is 58.2 Å². The van der Waals surface area contributed by atoms with Crippen molar-refractivity contribution in [2.75, 3.05) is 25.0 Å². The second kappa shape index (κ2) is 7.27. The van der Waals surface area contributed by atoms with Crippen molar-refractivity contribution < 1.29 is 9.59 Å². The van der Waals surface area contributed by atoms with Crippen LogP contribution in [0.3, 0.4) is 0 Å². The number of hydrogen-bond acceptors (Lipinski definition) is 4. The van der Waals surface area contributed by atoms with Crippen molar-refractivity contribution >= 4 is 29.2 Å². The predicted molar refractivity (Wildman–Crippen MR) is 116 cm³/mol. The van der Waals surface area contributed by atoms with Crippen LogP contribution in [-0.2, 0) is 16.8 Å². The van der Waals surface area contributed by atoms with Gasteiger partial charge in [-0.25, -0.2) is 4.98 Å². The summed E-state index contributed by atoms with van der Waals surface area (Å²) in [6.07, 6.45) is 4.81. The Kier molecular flexibility index (Phi) is 4.69. The Bertz CT molecular complexity index is 1030. The van der Waals surface area contributed by atoms with Crippen molar-refractivity contribution in [2.45, 2.75) is 44.2 Å². The fourth-order valence-electron chi connectivity index (χ4n) is 4.99. The average Bonchev–Trinajstić information content (AvgIpc) is 3.44. The molecule has 2 amide bonds. The van der Waals surface area contributed by atoms with Crippen LogP contribution in [0.2, 0.25) is 5.02 Å². The largest absolute Gasteiger partial charge is 0.360 e. The molecule has 2 fully saturated rings. The Morgan fingerprint density at radius 1 is 1.30 bits per heavy atom. The fraction of sp³-hybridized carbons (Fsp3) is 0.435. The molecule has 30 heavy (non-hydrogen) atoms. The maximum absolute atomic E-state index is 13.1. The molecule has 2 saturated heterocycles. The molecule has 2 aromatic rings. The minimum Gasteiger partial charge on any atom is -0.360 e. The lowest BCUT2D eigenvalue weighted by atomic mass is 9.89. The molecular formula is C23H25ClN4O2. The number of pyridine rings is 1. The quantitative estimate of drug-likeness (QED) is 0.819. The number of rotatable bonds is 3. The Hall–Kier alpha value is -2.60. The molecule has 4 heterocycles. The number of amides is 2. The zero-order valence-electron chi connectivity index (χ0n) is 17.0. The number of nitrogens with zero attached hydrogens (tertiary/aromatic N) is 3. The van der Waals surface area contributed by atoms with E-state index >= 15 is 0 Å². The summed E-state index contributed by atoms with van der Waals surface area (Å²) in [7, 11) is 0. The first kappa shape index (κ1) is 19.4. The van der Waals surface area contributed by atoms with E-state index in [0.29, 0.717) is 30.1 Å². The van der Waals surface area contributed by atoms with Crippen LogP contribution in [-0.4, -0.2) is 52.3 Å². The number of nitrogens with one attached hydrogen (secondary N) is 1. The number of fused-ring (bicyclic) bond motifs is 1. The van der Waals surface area contributed by atoms with Gasteiger partial charge in [0.25, 0.3) is 5.91 Å². The molecule has 0 aliphatic carbocycles. The second-order valence-corrected chi connectivity index (χ2v) is 9.20. The minimum atomic E-state index is -0.309. The number of anilines is 1. The number of aromatic nitrogens is 1. The zero-order valence-corrected chi connectivity index (χ0v) is 17.8. The van der Waals surface area contributed by atoms with Crippen molar-refractivity contribution in [2.24, 2.45) is 0 Å². The highest BCUT2D eigenvalue weighted by molar-refractivity contribution is 6.30. The fourth-order valence-corrected chi connectivity index (χ4v) is 5.18. The molecule has 1 aromatic carbocycles. The van der Waals surface area contributed by atoms with E-state index in [4.69, 9.17) is 11.6 Å². The molecule has 7 heteroatoms. The van der Waals surface area contributed by atoms with E-state index in [1.165, 1.54) is 0 Å². The summed E-state index contributed by atoms with van der Waals surface area (Å²) in [6.45, 7) is 4.24. The third-order valence-corrected chi connectivity index (χ3v) is 6.85. The van der Waals surface area contributed by atoms with Crippen LogP contribution in [0.4, 0.5) is 5.82 Å². The highest BCUT2D eigenvalue weighted by Gasteiger charge is 2.37. The molecule has 0 saturated carbocycles. The highest BCUT2D eigenvalue weighted by atomic mass is 35.5. The number of likely N-dealkylation sites (tertiary alicyclic amines) is 2. The van der Waals surface area contributed by atoms with Gasteiger partial charge in [0.15, 0.2) is 0 Å². The summed E-state index contributed by atoms with van der Waals surface area (Å²) in [5.74, 6) is 1.03. The number of carbonyl (C=O) groups is 2. The monoisotopic (exact) mass is 424 g/mol. The molecule has 0 bridgehead atoms. The van der Waals surface area contributed by atoms with Gasteiger partial charge in [-0.1, -0.05) is 23.7 Å². The summed E-state index contributed by atoms with van der Waals surface area (Å²) in [5, 5.41) is 4.20. The molecule has 156 valence electrons. The van der Waals surface area contributed by atoms with Crippen LogP contribution >= 0.6 is 11.6 Å². The van der Waals surface area contributed by atoms with Gasteiger partial charge < -0.3 is 15.1 Å².